The van der Waals surface area contributed by atoms with Crippen LogP contribution in [-0.4, -0.2) is 9.97 Å². The lowest BCUT2D eigenvalue weighted by molar-refractivity contribution is 0.660. The van der Waals surface area contributed by atoms with E-state index in [2.05, 4.69) is 166 Å². The molecule has 1 heterocycles. The van der Waals surface area contributed by atoms with Gasteiger partial charge in [-0.15, -0.1) is 0 Å². The van der Waals surface area contributed by atoms with Crippen LogP contribution in [0.15, 0.2) is 170 Å². The summed E-state index contributed by atoms with van der Waals surface area (Å²) in [4.78, 5) is 10.3. The Morgan fingerprint density at radius 1 is 0.373 bits per heavy atom. The molecule has 240 valence electrons. The van der Waals surface area contributed by atoms with Crippen molar-refractivity contribution in [3.8, 4) is 56.2 Å². The van der Waals surface area contributed by atoms with Crippen LogP contribution in [-0.2, 0) is 5.41 Å². The average Bonchev–Trinajstić information content (AvgIpc) is 3.42. The predicted molar refractivity (Wildman–Crippen MR) is 214 cm³/mol. The first-order valence-electron chi connectivity index (χ1n) is 17.7. The minimum atomic E-state index is -0.0893. The molecule has 0 radical (unpaired) electrons. The molecule has 0 atom stereocenters. The minimum absolute atomic E-state index is 0.0893. The van der Waals surface area contributed by atoms with Gasteiger partial charge in [-0.05, 0) is 83.9 Å². The molecule has 2 nitrogen and oxygen atoms in total. The zero-order valence-corrected chi connectivity index (χ0v) is 28.6. The molecule has 0 fully saturated rings. The number of aromatic nitrogens is 2. The van der Waals surface area contributed by atoms with E-state index in [0.717, 1.165) is 33.9 Å². The second-order valence-electron chi connectivity index (χ2n) is 14.2. The van der Waals surface area contributed by atoms with Crippen LogP contribution in [0.2, 0.25) is 0 Å². The van der Waals surface area contributed by atoms with Gasteiger partial charge in [0.15, 0.2) is 5.82 Å². The molecule has 0 N–H and O–H groups in total. The number of nitrogens with zero attached hydrogens (tertiary/aromatic N) is 2. The van der Waals surface area contributed by atoms with E-state index < -0.39 is 0 Å². The molecular formula is C49H34N2. The molecular weight excluding hydrogens is 617 g/mol. The third kappa shape index (κ3) is 4.71. The quantitative estimate of drug-likeness (QED) is 0.140. The highest BCUT2D eigenvalue weighted by Gasteiger charge is 2.35. The molecule has 0 spiro atoms. The third-order valence-corrected chi connectivity index (χ3v) is 10.9. The summed E-state index contributed by atoms with van der Waals surface area (Å²) >= 11 is 0. The number of fused-ring (bicyclic) bond motifs is 7. The lowest BCUT2D eigenvalue weighted by Crippen LogP contribution is -2.14. The van der Waals surface area contributed by atoms with E-state index in [1.165, 1.54) is 65.7 Å². The predicted octanol–water partition coefficient (Wildman–Crippen LogP) is 12.9. The minimum Gasteiger partial charge on any atom is -0.228 e. The van der Waals surface area contributed by atoms with E-state index in [1.807, 2.05) is 18.2 Å². The zero-order chi connectivity index (χ0) is 34.1. The topological polar surface area (TPSA) is 25.8 Å². The molecule has 0 saturated heterocycles. The highest BCUT2D eigenvalue weighted by Crippen LogP contribution is 2.49. The molecule has 1 aliphatic rings. The standard InChI is InChI=1S/C49H34N2/c1-49(2)43-19-11-10-18-39(43)40-26-25-36(29-44(40)49)46-30-45(50-48(51-46)34-13-4-3-5-14-34)32-20-22-33(23-21-32)47-38-17-9-7-15-35(38)28-42-37-16-8-6-12-31(37)24-27-41(42)47/h3-30H,1-2H3. The van der Waals surface area contributed by atoms with Crippen LogP contribution >= 0.6 is 0 Å². The summed E-state index contributed by atoms with van der Waals surface area (Å²) in [6.07, 6.45) is 0. The summed E-state index contributed by atoms with van der Waals surface area (Å²) in [5, 5.41) is 7.57. The van der Waals surface area contributed by atoms with Gasteiger partial charge in [-0.2, -0.15) is 0 Å². The Balaban J connectivity index is 1.12. The van der Waals surface area contributed by atoms with Crippen molar-refractivity contribution >= 4 is 32.3 Å². The molecule has 0 aliphatic heterocycles. The second kappa shape index (κ2) is 11.3. The van der Waals surface area contributed by atoms with Gasteiger partial charge in [0.25, 0.3) is 0 Å². The lowest BCUT2D eigenvalue weighted by Gasteiger charge is -2.22. The molecule has 0 unspecified atom stereocenters. The molecule has 0 saturated carbocycles. The fourth-order valence-corrected chi connectivity index (χ4v) is 8.26. The van der Waals surface area contributed by atoms with Crippen LogP contribution in [0.4, 0.5) is 0 Å². The molecule has 10 rings (SSSR count). The third-order valence-electron chi connectivity index (χ3n) is 10.9. The highest BCUT2D eigenvalue weighted by molar-refractivity contribution is 6.20. The van der Waals surface area contributed by atoms with Gasteiger partial charge in [0, 0.05) is 22.1 Å². The molecule has 1 aliphatic carbocycles. The molecule has 2 heteroatoms. The summed E-state index contributed by atoms with van der Waals surface area (Å²) in [6, 6.07) is 61.3. The monoisotopic (exact) mass is 650 g/mol. The number of hydrogen-bond acceptors (Lipinski definition) is 2. The maximum atomic E-state index is 5.17. The van der Waals surface area contributed by atoms with Crippen LogP contribution in [0.5, 0.6) is 0 Å². The largest absolute Gasteiger partial charge is 0.228 e. The Labute approximate surface area is 297 Å². The Bertz CT molecular complexity index is 2810. The molecule has 9 aromatic rings. The molecule has 1 aromatic heterocycles. The zero-order valence-electron chi connectivity index (χ0n) is 28.6. The highest BCUT2D eigenvalue weighted by atomic mass is 14.9. The maximum absolute atomic E-state index is 5.17. The molecule has 51 heavy (non-hydrogen) atoms. The summed E-state index contributed by atoms with van der Waals surface area (Å²) in [7, 11) is 0. The van der Waals surface area contributed by atoms with E-state index in [-0.39, 0.29) is 5.41 Å². The Morgan fingerprint density at radius 3 is 1.82 bits per heavy atom. The first-order chi connectivity index (χ1) is 25.0. The van der Waals surface area contributed by atoms with Crippen LogP contribution in [0.1, 0.15) is 25.0 Å². The van der Waals surface area contributed by atoms with E-state index in [0.29, 0.717) is 0 Å². The van der Waals surface area contributed by atoms with E-state index in [1.54, 1.807) is 0 Å². The Hall–Kier alpha value is -6.38. The summed E-state index contributed by atoms with van der Waals surface area (Å²) in [5.74, 6) is 0.724. The van der Waals surface area contributed by atoms with Gasteiger partial charge in [-0.1, -0.05) is 166 Å². The first kappa shape index (κ1) is 29.5. The van der Waals surface area contributed by atoms with Crippen molar-refractivity contribution in [2.45, 2.75) is 19.3 Å². The van der Waals surface area contributed by atoms with Crippen LogP contribution in [0.25, 0.3) is 88.5 Å². The Morgan fingerprint density at radius 2 is 1.00 bits per heavy atom. The van der Waals surface area contributed by atoms with Gasteiger partial charge >= 0.3 is 0 Å². The first-order valence-corrected chi connectivity index (χ1v) is 17.7. The van der Waals surface area contributed by atoms with Crippen molar-refractivity contribution in [2.75, 3.05) is 0 Å². The summed E-state index contributed by atoms with van der Waals surface area (Å²) < 4.78 is 0. The van der Waals surface area contributed by atoms with Gasteiger partial charge in [0.05, 0.1) is 11.4 Å². The molecule has 0 amide bonds. The van der Waals surface area contributed by atoms with Gasteiger partial charge < -0.3 is 0 Å². The normalized spacial score (nSPS) is 13.1. The molecule has 0 bridgehead atoms. The summed E-state index contributed by atoms with van der Waals surface area (Å²) in [5.41, 5.74) is 12.7. The van der Waals surface area contributed by atoms with Crippen LogP contribution in [0, 0.1) is 0 Å². The lowest BCUT2D eigenvalue weighted by atomic mass is 9.82. The van der Waals surface area contributed by atoms with Gasteiger partial charge in [0.2, 0.25) is 0 Å². The van der Waals surface area contributed by atoms with Crippen LogP contribution < -0.4 is 0 Å². The average molecular weight is 651 g/mol. The Kier molecular flexibility index (Phi) is 6.56. The van der Waals surface area contributed by atoms with Crippen molar-refractivity contribution < 1.29 is 0 Å². The second-order valence-corrected chi connectivity index (χ2v) is 14.2. The van der Waals surface area contributed by atoms with Crippen molar-refractivity contribution in [3.63, 3.8) is 0 Å². The van der Waals surface area contributed by atoms with Crippen molar-refractivity contribution in [1.29, 1.82) is 0 Å². The van der Waals surface area contributed by atoms with Crippen LogP contribution in [0.3, 0.4) is 0 Å². The van der Waals surface area contributed by atoms with Crippen molar-refractivity contribution in [1.82, 2.24) is 9.97 Å². The summed E-state index contributed by atoms with van der Waals surface area (Å²) in [6.45, 7) is 4.65. The maximum Gasteiger partial charge on any atom is 0.160 e. The number of rotatable bonds is 4. The number of benzene rings is 8. The van der Waals surface area contributed by atoms with Gasteiger partial charge in [0.1, 0.15) is 0 Å². The smallest absolute Gasteiger partial charge is 0.160 e. The van der Waals surface area contributed by atoms with E-state index in [4.69, 9.17) is 9.97 Å². The fourth-order valence-electron chi connectivity index (χ4n) is 8.26. The van der Waals surface area contributed by atoms with Gasteiger partial charge in [-0.3, -0.25) is 0 Å². The van der Waals surface area contributed by atoms with E-state index in [9.17, 15) is 0 Å². The van der Waals surface area contributed by atoms with Crippen molar-refractivity contribution in [3.05, 3.63) is 181 Å². The molecule has 8 aromatic carbocycles. The van der Waals surface area contributed by atoms with Gasteiger partial charge in [-0.25, -0.2) is 9.97 Å². The fraction of sp³-hybridized carbons (Fsp3) is 0.0612. The number of hydrogen-bond donors (Lipinski definition) is 0. The van der Waals surface area contributed by atoms with Crippen molar-refractivity contribution in [2.24, 2.45) is 0 Å². The van der Waals surface area contributed by atoms with E-state index >= 15 is 0 Å². The SMILES string of the molecule is CC1(C)c2ccccc2-c2ccc(-c3cc(-c4ccc(-c5c6ccccc6cc6c5ccc5ccccc56)cc4)nc(-c4ccccc4)n3)cc21.